The Labute approximate surface area is 249 Å². The molecule has 0 aliphatic heterocycles. The van der Waals surface area contributed by atoms with E-state index in [0.717, 1.165) is 19.3 Å². The van der Waals surface area contributed by atoms with Crippen molar-refractivity contribution in [3.8, 4) is 0 Å². The number of hydrogen-bond acceptors (Lipinski definition) is 7. The van der Waals surface area contributed by atoms with Crippen molar-refractivity contribution < 1.29 is 27.5 Å². The molecule has 0 heterocycles. The Kier molecular flexibility index (Phi) is 13.2. The molecule has 4 atom stereocenters. The van der Waals surface area contributed by atoms with E-state index in [1.165, 1.54) is 19.3 Å². The van der Waals surface area contributed by atoms with Crippen molar-refractivity contribution in [3.63, 3.8) is 0 Å². The van der Waals surface area contributed by atoms with Crippen molar-refractivity contribution in [1.29, 1.82) is 0 Å². The van der Waals surface area contributed by atoms with Gasteiger partial charge in [-0.15, -0.1) is 0 Å². The van der Waals surface area contributed by atoms with Crippen molar-refractivity contribution in [3.05, 3.63) is 0 Å². The van der Waals surface area contributed by atoms with Gasteiger partial charge >= 0.3 is 12.2 Å². The third kappa shape index (κ3) is 13.7. The molecule has 0 aromatic carbocycles. The van der Waals surface area contributed by atoms with Gasteiger partial charge in [-0.2, -0.15) is 11.8 Å². The molecule has 2 aliphatic rings. The van der Waals surface area contributed by atoms with Crippen molar-refractivity contribution in [2.45, 2.75) is 178 Å². The Morgan fingerprint density at radius 1 is 0.650 bits per heavy atom. The van der Waals surface area contributed by atoms with E-state index in [0.29, 0.717) is 18.1 Å². The lowest BCUT2D eigenvalue weighted by Gasteiger charge is -2.36. The summed E-state index contributed by atoms with van der Waals surface area (Å²) in [6.07, 6.45) is 6.97. The number of amides is 2. The van der Waals surface area contributed by atoms with Gasteiger partial charge in [0.15, 0.2) is 9.84 Å². The van der Waals surface area contributed by atoms with Crippen LogP contribution in [0, 0.1) is 0 Å². The van der Waals surface area contributed by atoms with Gasteiger partial charge in [0.25, 0.3) is 0 Å². The van der Waals surface area contributed by atoms with E-state index < -0.39 is 37.1 Å². The summed E-state index contributed by atoms with van der Waals surface area (Å²) in [4.78, 5) is 23.8. The smallest absolute Gasteiger partial charge is 0.407 e. The van der Waals surface area contributed by atoms with Gasteiger partial charge in [-0.05, 0) is 88.0 Å². The number of nitrogens with one attached hydrogen (secondary N) is 2. The van der Waals surface area contributed by atoms with Crippen LogP contribution in [0.4, 0.5) is 9.59 Å². The van der Waals surface area contributed by atoms with E-state index in [1.807, 2.05) is 32.5 Å². The molecule has 2 saturated carbocycles. The molecule has 10 heteroatoms. The van der Waals surface area contributed by atoms with Crippen LogP contribution in [0.25, 0.3) is 0 Å². The molecule has 0 spiro atoms. The molecule has 8 nitrogen and oxygen atoms in total. The minimum absolute atomic E-state index is 0.232. The van der Waals surface area contributed by atoms with Crippen LogP contribution in [-0.4, -0.2) is 63.9 Å². The average Bonchev–Trinajstić information content (AvgIpc) is 2.71. The van der Waals surface area contributed by atoms with Gasteiger partial charge in [-0.1, -0.05) is 46.5 Å². The topological polar surface area (TPSA) is 111 Å². The van der Waals surface area contributed by atoms with Gasteiger partial charge < -0.3 is 20.1 Å². The largest absolute Gasteiger partial charge is 0.444 e. The number of sulfone groups is 1. The van der Waals surface area contributed by atoms with Crippen LogP contribution >= 0.6 is 11.8 Å². The number of ether oxygens (including phenoxy) is 2. The average molecular weight is 607 g/mol. The highest BCUT2D eigenvalue weighted by molar-refractivity contribution is 8.01. The van der Waals surface area contributed by atoms with Crippen LogP contribution < -0.4 is 10.6 Å². The second-order valence-corrected chi connectivity index (χ2v) is 20.0. The van der Waals surface area contributed by atoms with Crippen LogP contribution in [0.5, 0.6) is 0 Å². The molecule has 0 saturated heterocycles. The van der Waals surface area contributed by atoms with Crippen molar-refractivity contribution in [2.75, 3.05) is 0 Å². The minimum Gasteiger partial charge on any atom is -0.444 e. The summed E-state index contributed by atoms with van der Waals surface area (Å²) in [6, 6.07) is -0.120. The fourth-order valence-electron chi connectivity index (χ4n) is 4.86. The normalized spacial score (nSPS) is 24.7. The number of carbonyl (C=O) groups excluding carboxylic acids is 2. The van der Waals surface area contributed by atoms with Crippen LogP contribution in [-0.2, 0) is 19.3 Å². The Hall–Kier alpha value is -1.16. The fourth-order valence-corrected chi connectivity index (χ4v) is 8.45. The first-order chi connectivity index (χ1) is 17.9. The number of carbonyl (C=O) groups is 2. The quantitative estimate of drug-likeness (QED) is 0.343. The molecule has 0 aromatic heterocycles. The molecular formula is C30H58N2O6S2. The van der Waals surface area contributed by atoms with E-state index in [1.54, 1.807) is 41.5 Å². The zero-order valence-corrected chi connectivity index (χ0v) is 28.9. The summed E-state index contributed by atoms with van der Waals surface area (Å²) >= 11 is 1.98. The van der Waals surface area contributed by atoms with Gasteiger partial charge in [-0.3, -0.25) is 0 Å². The lowest BCUT2D eigenvalue weighted by molar-refractivity contribution is 0.0483. The minimum atomic E-state index is -3.31. The summed E-state index contributed by atoms with van der Waals surface area (Å²) in [5.41, 5.74) is -1.01. The first kappa shape index (κ1) is 36.9. The zero-order chi connectivity index (χ0) is 31.2. The summed E-state index contributed by atoms with van der Waals surface area (Å²) in [6.45, 7) is 22.9. The molecule has 0 bridgehead atoms. The number of thioether (sulfide) groups is 1. The molecule has 2 amide bonds. The third-order valence-corrected chi connectivity index (χ3v) is 11.2. The molecule has 40 heavy (non-hydrogen) atoms. The molecule has 2 fully saturated rings. The van der Waals surface area contributed by atoms with Gasteiger partial charge in [-0.25, -0.2) is 18.0 Å². The Morgan fingerprint density at radius 3 is 1.48 bits per heavy atom. The highest BCUT2D eigenvalue weighted by atomic mass is 32.2. The zero-order valence-electron chi connectivity index (χ0n) is 27.2. The van der Waals surface area contributed by atoms with Crippen LogP contribution in [0.3, 0.4) is 0 Å². The Balaban J connectivity index is 0.000000402. The maximum absolute atomic E-state index is 12.7. The second kappa shape index (κ2) is 14.3. The maximum atomic E-state index is 12.7. The van der Waals surface area contributed by atoms with E-state index in [4.69, 9.17) is 9.47 Å². The molecule has 236 valence electrons. The standard InChI is InChI=1S/C15H29NO4S.C15H29NO2S/c1-14(2,3)20-13(17)16-11-9-7-8-10-12(11)21(18,19)15(4,5)6;1-14(2,3)18-13(17)16-11-9-7-8-10-12(11)19-15(4,5)6/h11-12H,7-10H2,1-6H3,(H,16,17);11-12H,7-10H2,1-6H3,(H,16,17)/t2*11-,12+/m00/s1. The van der Waals surface area contributed by atoms with Crippen molar-refractivity contribution in [1.82, 2.24) is 10.6 Å². The predicted octanol–water partition coefficient (Wildman–Crippen LogP) is 7.39. The Bertz CT molecular complexity index is 924. The van der Waals surface area contributed by atoms with Crippen LogP contribution in [0.2, 0.25) is 0 Å². The fraction of sp³-hybridized carbons (Fsp3) is 0.933. The molecule has 0 unspecified atom stereocenters. The summed E-state index contributed by atoms with van der Waals surface area (Å²) in [7, 11) is -3.31. The molecule has 2 aliphatic carbocycles. The van der Waals surface area contributed by atoms with E-state index >= 15 is 0 Å². The molecule has 2 rings (SSSR count). The Morgan fingerprint density at radius 2 is 1.05 bits per heavy atom. The lowest BCUT2D eigenvalue weighted by Crippen LogP contribution is -2.53. The number of rotatable bonds is 4. The van der Waals surface area contributed by atoms with Gasteiger partial charge in [0.2, 0.25) is 0 Å². The molecule has 0 radical (unpaired) electrons. The summed E-state index contributed by atoms with van der Waals surface area (Å²) < 4.78 is 35.4. The van der Waals surface area contributed by atoms with Crippen LogP contribution in [0.15, 0.2) is 0 Å². The van der Waals surface area contributed by atoms with Gasteiger partial charge in [0, 0.05) is 22.1 Å². The predicted molar refractivity (Wildman–Crippen MR) is 167 cm³/mol. The highest BCUT2D eigenvalue weighted by Gasteiger charge is 2.43. The second-order valence-electron chi connectivity index (χ2n) is 15.0. The maximum Gasteiger partial charge on any atom is 0.407 e. The first-order valence-corrected chi connectivity index (χ1v) is 17.2. The van der Waals surface area contributed by atoms with Crippen molar-refractivity contribution in [2.24, 2.45) is 0 Å². The highest BCUT2D eigenvalue weighted by Crippen LogP contribution is 2.37. The summed E-state index contributed by atoms with van der Waals surface area (Å²) in [5, 5.41) is 5.80. The SMILES string of the molecule is CC(C)(C)OC(=O)N[C@H]1CCCC[C@H]1S(=O)(=O)C(C)(C)C.CC(C)(C)OC(=O)N[C@H]1CCCC[C@H]1SC(C)(C)C. The van der Waals surface area contributed by atoms with E-state index in [9.17, 15) is 18.0 Å². The van der Waals surface area contributed by atoms with Crippen LogP contribution in [0.1, 0.15) is 134 Å². The van der Waals surface area contributed by atoms with E-state index in [-0.39, 0.29) is 22.9 Å². The lowest BCUT2D eigenvalue weighted by atomic mass is 9.95. The molecular weight excluding hydrogens is 548 g/mol. The van der Waals surface area contributed by atoms with E-state index in [2.05, 4.69) is 31.4 Å². The third-order valence-electron chi connectivity index (χ3n) is 6.57. The monoisotopic (exact) mass is 606 g/mol. The van der Waals surface area contributed by atoms with Gasteiger partial charge in [0.1, 0.15) is 11.2 Å². The van der Waals surface area contributed by atoms with Crippen molar-refractivity contribution >= 4 is 33.8 Å². The summed E-state index contributed by atoms with van der Waals surface area (Å²) in [5.74, 6) is 0. The molecule has 2 N–H and O–H groups in total. The van der Waals surface area contributed by atoms with Gasteiger partial charge in [0.05, 0.1) is 10.00 Å². The number of hydrogen-bond donors (Lipinski definition) is 2. The number of alkyl carbamates (subject to hydrolysis) is 2. The first-order valence-electron chi connectivity index (χ1n) is 14.8. The molecule has 0 aromatic rings.